The Hall–Kier alpha value is -0.120. The van der Waals surface area contributed by atoms with Crippen LogP contribution in [-0.4, -0.2) is 55.6 Å². The zero-order chi connectivity index (χ0) is 9.31. The predicted molar refractivity (Wildman–Crippen MR) is 50.3 cm³/mol. The van der Waals surface area contributed by atoms with Crippen LogP contribution in [0.25, 0.3) is 0 Å². The van der Waals surface area contributed by atoms with E-state index < -0.39 is 0 Å². The number of aliphatic hydroxyl groups is 1. The maximum absolute atomic E-state index is 9.81. The van der Waals surface area contributed by atoms with Gasteiger partial charge in [-0.05, 0) is 0 Å². The summed E-state index contributed by atoms with van der Waals surface area (Å²) in [6.45, 7) is 5.39. The number of nitrogens with zero attached hydrogens (tertiary/aromatic N) is 1. The van der Waals surface area contributed by atoms with Crippen LogP contribution in [0.2, 0.25) is 0 Å². The highest BCUT2D eigenvalue weighted by Gasteiger charge is 2.44. The average Bonchev–Trinajstić information content (AvgIpc) is 2.16. The van der Waals surface area contributed by atoms with Gasteiger partial charge in [0.25, 0.3) is 0 Å². The minimum Gasteiger partial charge on any atom is -0.387 e. The Morgan fingerprint density at radius 3 is 2.62 bits per heavy atom. The Kier molecular flexibility index (Phi) is 2.58. The molecule has 3 nitrogen and oxygen atoms in total. The number of hydrogen-bond donors (Lipinski definition) is 1. The van der Waals surface area contributed by atoms with Gasteiger partial charge in [0, 0.05) is 25.9 Å². The number of rotatable bonds is 3. The van der Waals surface area contributed by atoms with E-state index in [1.165, 1.54) is 25.9 Å². The molecule has 0 aromatic rings. The maximum atomic E-state index is 9.81. The lowest BCUT2D eigenvalue weighted by molar-refractivity contribution is -0.946. The summed E-state index contributed by atoms with van der Waals surface area (Å²) in [5.41, 5.74) is 0. The zero-order valence-electron chi connectivity index (χ0n) is 8.41. The highest BCUT2D eigenvalue weighted by Crippen LogP contribution is 2.33. The van der Waals surface area contributed by atoms with E-state index in [1.54, 1.807) is 7.11 Å². The monoisotopic (exact) mass is 186 g/mol. The first-order valence-corrected chi connectivity index (χ1v) is 5.28. The summed E-state index contributed by atoms with van der Waals surface area (Å²) in [5.74, 6) is 0.600. The van der Waals surface area contributed by atoms with E-state index in [0.717, 1.165) is 24.2 Å². The standard InChI is InChI=1S/C10H20NO2/c1-13-7-6-11-4-2-9(3-5-11)10(12)8-11/h9-10,12H,2-8H2,1H3/q+1. The summed E-state index contributed by atoms with van der Waals surface area (Å²) in [6.07, 6.45) is 2.38. The van der Waals surface area contributed by atoms with Crippen LogP contribution in [0.15, 0.2) is 0 Å². The van der Waals surface area contributed by atoms with Crippen LogP contribution in [0.3, 0.4) is 0 Å². The van der Waals surface area contributed by atoms with Crippen molar-refractivity contribution in [2.24, 2.45) is 5.92 Å². The van der Waals surface area contributed by atoms with E-state index >= 15 is 0 Å². The third-order valence-electron chi connectivity index (χ3n) is 3.84. The molecule has 0 aromatic carbocycles. The molecule has 1 atom stereocenters. The fraction of sp³-hybridized carbons (Fsp3) is 1.00. The normalized spacial score (nSPS) is 43.8. The summed E-state index contributed by atoms with van der Waals surface area (Å²) < 4.78 is 6.23. The molecule has 0 spiro atoms. The first kappa shape index (κ1) is 9.44. The molecule has 3 saturated heterocycles. The minimum absolute atomic E-state index is 0.0423. The van der Waals surface area contributed by atoms with Crippen LogP contribution < -0.4 is 0 Å². The second kappa shape index (κ2) is 3.56. The van der Waals surface area contributed by atoms with E-state index in [9.17, 15) is 5.11 Å². The Bertz CT molecular complexity index is 176. The van der Waals surface area contributed by atoms with Crippen LogP contribution in [0, 0.1) is 5.92 Å². The quantitative estimate of drug-likeness (QED) is 0.640. The van der Waals surface area contributed by atoms with Gasteiger partial charge in [0.2, 0.25) is 0 Å². The molecule has 3 fully saturated rings. The van der Waals surface area contributed by atoms with Crippen molar-refractivity contribution >= 4 is 0 Å². The van der Waals surface area contributed by atoms with Crippen LogP contribution in [-0.2, 0) is 4.74 Å². The highest BCUT2D eigenvalue weighted by molar-refractivity contribution is 4.79. The number of piperidine rings is 3. The smallest absolute Gasteiger partial charge is 0.106 e. The fourth-order valence-corrected chi connectivity index (χ4v) is 2.85. The molecule has 2 bridgehead atoms. The zero-order valence-corrected chi connectivity index (χ0v) is 8.41. The van der Waals surface area contributed by atoms with Gasteiger partial charge in [0.15, 0.2) is 0 Å². The van der Waals surface area contributed by atoms with Crippen molar-refractivity contribution in [1.29, 1.82) is 0 Å². The van der Waals surface area contributed by atoms with E-state index in [2.05, 4.69) is 0 Å². The van der Waals surface area contributed by atoms with Crippen molar-refractivity contribution in [2.75, 3.05) is 39.9 Å². The van der Waals surface area contributed by atoms with Gasteiger partial charge in [-0.15, -0.1) is 0 Å². The molecule has 1 unspecified atom stereocenters. The summed E-state index contributed by atoms with van der Waals surface area (Å²) in [7, 11) is 1.76. The second-order valence-corrected chi connectivity index (χ2v) is 4.59. The van der Waals surface area contributed by atoms with Gasteiger partial charge in [-0.3, -0.25) is 0 Å². The Balaban J connectivity index is 1.96. The molecular formula is C10H20NO2+. The van der Waals surface area contributed by atoms with Crippen LogP contribution >= 0.6 is 0 Å². The molecule has 0 aromatic heterocycles. The molecule has 0 saturated carbocycles. The number of fused-ring (bicyclic) bond motifs is 3. The van der Waals surface area contributed by atoms with Crippen molar-refractivity contribution in [1.82, 2.24) is 0 Å². The van der Waals surface area contributed by atoms with E-state index in [4.69, 9.17) is 4.74 Å². The summed E-state index contributed by atoms with van der Waals surface area (Å²) in [6, 6.07) is 0. The second-order valence-electron chi connectivity index (χ2n) is 4.59. The van der Waals surface area contributed by atoms with Crippen molar-refractivity contribution < 1.29 is 14.3 Å². The Labute approximate surface area is 79.9 Å². The number of quaternary nitrogens is 1. The summed E-state index contributed by atoms with van der Waals surface area (Å²) in [4.78, 5) is 0. The largest absolute Gasteiger partial charge is 0.387 e. The molecule has 1 N–H and O–H groups in total. The number of hydrogen-bond acceptors (Lipinski definition) is 2. The molecule has 3 aliphatic rings. The maximum Gasteiger partial charge on any atom is 0.106 e. The fourth-order valence-electron chi connectivity index (χ4n) is 2.85. The van der Waals surface area contributed by atoms with Gasteiger partial charge in [0.05, 0.1) is 19.7 Å². The molecule has 3 heterocycles. The van der Waals surface area contributed by atoms with Crippen molar-refractivity contribution in [3.63, 3.8) is 0 Å². The van der Waals surface area contributed by atoms with Gasteiger partial charge < -0.3 is 14.3 Å². The third-order valence-corrected chi connectivity index (χ3v) is 3.84. The molecule has 0 radical (unpaired) electrons. The van der Waals surface area contributed by atoms with Gasteiger partial charge in [-0.25, -0.2) is 0 Å². The number of ether oxygens (including phenoxy) is 1. The van der Waals surface area contributed by atoms with E-state index in [0.29, 0.717) is 5.92 Å². The van der Waals surface area contributed by atoms with E-state index in [-0.39, 0.29) is 6.10 Å². The van der Waals surface area contributed by atoms with Crippen LogP contribution in [0.4, 0.5) is 0 Å². The molecule has 0 amide bonds. The third kappa shape index (κ3) is 1.73. The van der Waals surface area contributed by atoms with Crippen LogP contribution in [0.1, 0.15) is 12.8 Å². The molecule has 3 heteroatoms. The Morgan fingerprint density at radius 2 is 2.08 bits per heavy atom. The van der Waals surface area contributed by atoms with E-state index in [1.807, 2.05) is 0 Å². The van der Waals surface area contributed by atoms with Gasteiger partial charge in [-0.2, -0.15) is 0 Å². The lowest BCUT2D eigenvalue weighted by atomic mass is 9.83. The van der Waals surface area contributed by atoms with Crippen LogP contribution in [0.5, 0.6) is 0 Å². The summed E-state index contributed by atoms with van der Waals surface area (Å²) in [5, 5.41) is 9.81. The SMILES string of the molecule is COCC[N+]12CCC(CC1)C(O)C2. The van der Waals surface area contributed by atoms with Crippen molar-refractivity contribution in [2.45, 2.75) is 18.9 Å². The lowest BCUT2D eigenvalue weighted by Gasteiger charge is -2.51. The number of aliphatic hydroxyl groups excluding tert-OH is 1. The molecular weight excluding hydrogens is 166 g/mol. The number of methoxy groups -OCH3 is 1. The average molecular weight is 186 g/mol. The molecule has 76 valence electrons. The molecule has 3 rings (SSSR count). The predicted octanol–water partition coefficient (Wildman–Crippen LogP) is 0.234. The van der Waals surface area contributed by atoms with Gasteiger partial charge in [-0.1, -0.05) is 0 Å². The first-order valence-electron chi connectivity index (χ1n) is 5.28. The Morgan fingerprint density at radius 1 is 1.38 bits per heavy atom. The molecule has 0 aliphatic carbocycles. The van der Waals surface area contributed by atoms with Gasteiger partial charge in [0.1, 0.15) is 19.2 Å². The lowest BCUT2D eigenvalue weighted by Crippen LogP contribution is -2.64. The first-order chi connectivity index (χ1) is 6.26. The van der Waals surface area contributed by atoms with Crippen molar-refractivity contribution in [3.8, 4) is 0 Å². The molecule has 3 aliphatic heterocycles. The van der Waals surface area contributed by atoms with Gasteiger partial charge >= 0.3 is 0 Å². The minimum atomic E-state index is -0.0423. The highest BCUT2D eigenvalue weighted by atomic mass is 16.5. The van der Waals surface area contributed by atoms with Crippen molar-refractivity contribution in [3.05, 3.63) is 0 Å². The molecule has 13 heavy (non-hydrogen) atoms. The summed E-state index contributed by atoms with van der Waals surface area (Å²) >= 11 is 0. The topological polar surface area (TPSA) is 29.5 Å².